The lowest BCUT2D eigenvalue weighted by atomic mass is 10.0. The Hall–Kier alpha value is -4.63. The Kier molecular flexibility index (Phi) is 7.55. The first-order valence-corrected chi connectivity index (χ1v) is 11.5. The first kappa shape index (κ1) is 25.5. The van der Waals surface area contributed by atoms with Crippen LogP contribution in [-0.4, -0.2) is 38.2 Å². The second-order valence-electron chi connectivity index (χ2n) is 7.81. The Morgan fingerprint density at radius 3 is 2.35 bits per heavy atom. The molecular weight excluding hydrogens is 496 g/mol. The number of benzene rings is 4. The van der Waals surface area contributed by atoms with E-state index in [2.05, 4.69) is 20.9 Å². The lowest BCUT2D eigenvalue weighted by Crippen LogP contribution is -2.17. The minimum atomic E-state index is -0.598. The van der Waals surface area contributed by atoms with Crippen molar-refractivity contribution in [2.45, 2.75) is 0 Å². The number of carbonyl (C=O) groups excluding carboxylic acids is 2. The summed E-state index contributed by atoms with van der Waals surface area (Å²) in [5.74, 6) is -0.493. The molecule has 10 heteroatoms. The number of fused-ring (bicyclic) bond motifs is 1. The maximum absolute atomic E-state index is 13.2. The number of hydrogen-bond acceptors (Lipinski definition) is 7. The topological polar surface area (TPSA) is 122 Å². The molecule has 0 fully saturated rings. The van der Waals surface area contributed by atoms with Gasteiger partial charge >= 0.3 is 0 Å². The highest BCUT2D eigenvalue weighted by atomic mass is 35.5. The van der Waals surface area contributed by atoms with Crippen molar-refractivity contribution >= 4 is 51.2 Å². The Morgan fingerprint density at radius 2 is 1.62 bits per heavy atom. The standard InChI is InChI=1S/C27H23ClN4O5/c1-29-26(34)16-8-10-23(37-3)21(13-16)31-32-24-18-7-5-4-6-15(18)12-19(25(24)33)27(35)30-20-14-17(28)9-11-22(20)36-2/h4-14,33H,1-3H3,(H,29,34)(H,30,35)/b32-31+. The summed E-state index contributed by atoms with van der Waals surface area (Å²) in [5, 5.41) is 26.6. The molecule has 0 aromatic heterocycles. The average Bonchev–Trinajstić information content (AvgIpc) is 2.91. The number of azo groups is 1. The predicted molar refractivity (Wildman–Crippen MR) is 142 cm³/mol. The maximum Gasteiger partial charge on any atom is 0.259 e. The van der Waals surface area contributed by atoms with E-state index in [1.54, 1.807) is 60.7 Å². The van der Waals surface area contributed by atoms with Crippen molar-refractivity contribution < 1.29 is 24.2 Å². The zero-order chi connectivity index (χ0) is 26.5. The van der Waals surface area contributed by atoms with Crippen LogP contribution in [-0.2, 0) is 0 Å². The average molecular weight is 519 g/mol. The lowest BCUT2D eigenvalue weighted by molar-refractivity contribution is 0.0962. The molecule has 0 saturated carbocycles. The molecule has 0 saturated heterocycles. The highest BCUT2D eigenvalue weighted by Crippen LogP contribution is 2.41. The molecule has 0 spiro atoms. The van der Waals surface area contributed by atoms with Crippen LogP contribution < -0.4 is 20.1 Å². The van der Waals surface area contributed by atoms with E-state index < -0.39 is 5.91 Å². The lowest BCUT2D eigenvalue weighted by Gasteiger charge is -2.13. The van der Waals surface area contributed by atoms with Crippen molar-refractivity contribution in [3.05, 3.63) is 82.9 Å². The van der Waals surface area contributed by atoms with Gasteiger partial charge in [-0.1, -0.05) is 35.9 Å². The van der Waals surface area contributed by atoms with Gasteiger partial charge in [0.25, 0.3) is 11.8 Å². The summed E-state index contributed by atoms with van der Waals surface area (Å²) in [5.41, 5.74) is 1.02. The third-order valence-corrected chi connectivity index (χ3v) is 5.81. The number of amides is 2. The maximum atomic E-state index is 13.2. The molecule has 2 amide bonds. The second-order valence-corrected chi connectivity index (χ2v) is 8.24. The van der Waals surface area contributed by atoms with Gasteiger partial charge in [0.15, 0.2) is 5.75 Å². The molecule has 9 nitrogen and oxygen atoms in total. The van der Waals surface area contributed by atoms with Crippen LogP contribution in [0.1, 0.15) is 20.7 Å². The second kappa shape index (κ2) is 11.0. The number of anilines is 1. The fourth-order valence-electron chi connectivity index (χ4n) is 3.72. The molecule has 3 N–H and O–H groups in total. The van der Waals surface area contributed by atoms with Gasteiger partial charge in [0.2, 0.25) is 0 Å². The fourth-order valence-corrected chi connectivity index (χ4v) is 3.89. The van der Waals surface area contributed by atoms with E-state index in [4.69, 9.17) is 21.1 Å². The molecule has 0 aliphatic carbocycles. The van der Waals surface area contributed by atoms with Crippen LogP contribution in [0.3, 0.4) is 0 Å². The van der Waals surface area contributed by atoms with Crippen LogP contribution in [0, 0.1) is 0 Å². The summed E-state index contributed by atoms with van der Waals surface area (Å²) >= 11 is 6.08. The molecule has 4 rings (SSSR count). The largest absolute Gasteiger partial charge is 0.505 e. The van der Waals surface area contributed by atoms with E-state index in [1.165, 1.54) is 27.3 Å². The summed E-state index contributed by atoms with van der Waals surface area (Å²) in [6, 6.07) is 18.2. The van der Waals surface area contributed by atoms with Crippen LogP contribution in [0.4, 0.5) is 17.1 Å². The number of nitrogens with one attached hydrogen (secondary N) is 2. The van der Waals surface area contributed by atoms with Crippen molar-refractivity contribution in [3.8, 4) is 17.2 Å². The van der Waals surface area contributed by atoms with Crippen molar-refractivity contribution in [2.24, 2.45) is 10.2 Å². The van der Waals surface area contributed by atoms with Crippen molar-refractivity contribution in [2.75, 3.05) is 26.6 Å². The molecule has 0 atom stereocenters. The molecular formula is C27H23ClN4O5. The monoisotopic (exact) mass is 518 g/mol. The molecule has 4 aromatic carbocycles. The number of carbonyl (C=O) groups is 2. The highest BCUT2D eigenvalue weighted by Gasteiger charge is 2.20. The van der Waals surface area contributed by atoms with Crippen molar-refractivity contribution in [1.82, 2.24) is 5.32 Å². The van der Waals surface area contributed by atoms with Crippen LogP contribution in [0.5, 0.6) is 17.2 Å². The zero-order valence-electron chi connectivity index (χ0n) is 20.2. The van der Waals surface area contributed by atoms with Crippen LogP contribution >= 0.6 is 11.6 Å². The van der Waals surface area contributed by atoms with E-state index in [0.717, 1.165) is 0 Å². The SMILES string of the molecule is CNC(=O)c1ccc(OC)c(/N=N/c2c(O)c(C(=O)Nc3cc(Cl)ccc3OC)cc3ccccc23)c1. The Bertz CT molecular complexity index is 1540. The van der Waals surface area contributed by atoms with E-state index in [9.17, 15) is 14.7 Å². The van der Waals surface area contributed by atoms with Crippen LogP contribution in [0.25, 0.3) is 10.8 Å². The van der Waals surface area contributed by atoms with Crippen LogP contribution in [0.15, 0.2) is 77.0 Å². The summed E-state index contributed by atoms with van der Waals surface area (Å²) < 4.78 is 10.6. The molecule has 0 radical (unpaired) electrons. The zero-order valence-corrected chi connectivity index (χ0v) is 21.0. The number of phenols is 1. The number of halogens is 1. The fraction of sp³-hybridized carbons (Fsp3) is 0.111. The first-order valence-electron chi connectivity index (χ1n) is 11.1. The minimum absolute atomic E-state index is 0.0271. The van der Waals surface area contributed by atoms with Gasteiger partial charge in [0, 0.05) is 23.0 Å². The molecule has 0 bridgehead atoms. The number of nitrogens with zero attached hydrogens (tertiary/aromatic N) is 2. The summed E-state index contributed by atoms with van der Waals surface area (Å²) in [6.07, 6.45) is 0. The van der Waals surface area contributed by atoms with E-state index in [-0.39, 0.29) is 28.6 Å². The number of rotatable bonds is 7. The first-order chi connectivity index (χ1) is 17.9. The van der Waals surface area contributed by atoms with Gasteiger partial charge in [-0.25, -0.2) is 0 Å². The Balaban J connectivity index is 1.80. The quantitative estimate of drug-likeness (QED) is 0.250. The van der Waals surface area contributed by atoms with Crippen molar-refractivity contribution in [1.29, 1.82) is 0 Å². The number of ether oxygens (including phenoxy) is 2. The Labute approximate surface area is 217 Å². The number of hydrogen-bond donors (Lipinski definition) is 3. The van der Waals surface area contributed by atoms with E-state index >= 15 is 0 Å². The van der Waals surface area contributed by atoms with Gasteiger partial charge < -0.3 is 25.2 Å². The molecule has 0 heterocycles. The number of methoxy groups -OCH3 is 2. The third-order valence-electron chi connectivity index (χ3n) is 5.58. The normalized spacial score (nSPS) is 10.9. The van der Waals surface area contributed by atoms with Gasteiger partial charge in [-0.05, 0) is 47.9 Å². The van der Waals surface area contributed by atoms with Crippen LogP contribution in [0.2, 0.25) is 5.02 Å². The van der Waals surface area contributed by atoms with E-state index in [0.29, 0.717) is 38.5 Å². The molecule has 188 valence electrons. The smallest absolute Gasteiger partial charge is 0.259 e. The molecule has 0 aliphatic heterocycles. The molecule has 37 heavy (non-hydrogen) atoms. The molecule has 0 aliphatic rings. The predicted octanol–water partition coefficient (Wildman–Crippen LogP) is 6.24. The van der Waals surface area contributed by atoms with E-state index in [1.807, 2.05) is 0 Å². The summed E-state index contributed by atoms with van der Waals surface area (Å²) in [6.45, 7) is 0. The number of aromatic hydroxyl groups is 1. The molecule has 4 aromatic rings. The minimum Gasteiger partial charge on any atom is -0.505 e. The number of phenolic OH excluding ortho intramolecular Hbond substituents is 1. The van der Waals surface area contributed by atoms with Gasteiger partial charge in [0.1, 0.15) is 22.9 Å². The third kappa shape index (κ3) is 5.31. The highest BCUT2D eigenvalue weighted by molar-refractivity contribution is 6.31. The summed E-state index contributed by atoms with van der Waals surface area (Å²) in [7, 11) is 4.46. The molecule has 0 unspecified atom stereocenters. The summed E-state index contributed by atoms with van der Waals surface area (Å²) in [4.78, 5) is 25.3. The van der Waals surface area contributed by atoms with Gasteiger partial charge in [-0.15, -0.1) is 10.2 Å². The van der Waals surface area contributed by atoms with Crippen molar-refractivity contribution in [3.63, 3.8) is 0 Å². The van der Waals surface area contributed by atoms with Gasteiger partial charge in [-0.2, -0.15) is 0 Å². The Morgan fingerprint density at radius 1 is 0.892 bits per heavy atom. The van der Waals surface area contributed by atoms with Gasteiger partial charge in [0.05, 0.1) is 25.5 Å². The van der Waals surface area contributed by atoms with Gasteiger partial charge in [-0.3, -0.25) is 9.59 Å².